The topological polar surface area (TPSA) is 75.4 Å². The van der Waals surface area contributed by atoms with Gasteiger partial charge in [0.05, 0.1) is 6.10 Å². The quantitative estimate of drug-likeness (QED) is 0.688. The molecule has 3 atom stereocenters. The SMILES string of the molecule is CC(N)(C(=O)NCC1CCCC1O)C(F)(F)F. The van der Waals surface area contributed by atoms with Crippen molar-refractivity contribution in [1.29, 1.82) is 0 Å². The number of nitrogens with one attached hydrogen (secondary N) is 1. The second-order valence-corrected chi connectivity index (χ2v) is 4.67. The van der Waals surface area contributed by atoms with Crippen molar-refractivity contribution in [3.05, 3.63) is 0 Å². The van der Waals surface area contributed by atoms with Gasteiger partial charge in [-0.25, -0.2) is 0 Å². The van der Waals surface area contributed by atoms with Gasteiger partial charge in [0.15, 0.2) is 5.54 Å². The standard InChI is InChI=1S/C10H17F3N2O2/c1-9(14,10(11,12)13)8(17)15-5-6-3-2-4-7(6)16/h6-7,16H,2-5,14H2,1H3,(H,15,17). The van der Waals surface area contributed by atoms with E-state index in [4.69, 9.17) is 5.73 Å². The molecule has 0 aromatic heterocycles. The van der Waals surface area contributed by atoms with Crippen LogP contribution < -0.4 is 11.1 Å². The Labute approximate surface area is 97.4 Å². The molecule has 7 heteroatoms. The van der Waals surface area contributed by atoms with E-state index in [9.17, 15) is 23.1 Å². The molecule has 4 nitrogen and oxygen atoms in total. The first-order valence-corrected chi connectivity index (χ1v) is 5.48. The molecule has 0 spiro atoms. The Kier molecular flexibility index (Phi) is 4.03. The van der Waals surface area contributed by atoms with Gasteiger partial charge in [0.2, 0.25) is 5.91 Å². The molecule has 100 valence electrons. The number of halogens is 3. The number of rotatable bonds is 3. The number of amides is 1. The van der Waals surface area contributed by atoms with Crippen molar-refractivity contribution < 1.29 is 23.1 Å². The lowest BCUT2D eigenvalue weighted by Gasteiger charge is -2.27. The monoisotopic (exact) mass is 254 g/mol. The molecule has 1 rings (SSSR count). The molecular weight excluding hydrogens is 237 g/mol. The molecule has 1 aliphatic rings. The van der Waals surface area contributed by atoms with Gasteiger partial charge in [0.25, 0.3) is 0 Å². The fourth-order valence-electron chi connectivity index (χ4n) is 1.79. The Balaban J connectivity index is 2.49. The summed E-state index contributed by atoms with van der Waals surface area (Å²) in [5.74, 6) is -1.44. The van der Waals surface area contributed by atoms with E-state index in [1.54, 1.807) is 0 Å². The molecule has 1 fully saturated rings. The maximum atomic E-state index is 12.4. The van der Waals surface area contributed by atoms with E-state index >= 15 is 0 Å². The molecule has 0 bridgehead atoms. The normalized spacial score (nSPS) is 28.8. The average Bonchev–Trinajstić information content (AvgIpc) is 2.58. The van der Waals surface area contributed by atoms with Crippen LogP contribution in [0.4, 0.5) is 13.2 Å². The highest BCUT2D eigenvalue weighted by molar-refractivity contribution is 5.86. The predicted octanol–water partition coefficient (Wildman–Crippen LogP) is 0.543. The molecule has 0 saturated heterocycles. The molecule has 4 N–H and O–H groups in total. The zero-order chi connectivity index (χ0) is 13.3. The molecule has 1 amide bonds. The maximum absolute atomic E-state index is 12.4. The van der Waals surface area contributed by atoms with E-state index in [1.165, 1.54) is 0 Å². The third-order valence-electron chi connectivity index (χ3n) is 3.20. The summed E-state index contributed by atoms with van der Waals surface area (Å²) in [6, 6.07) is 0. The maximum Gasteiger partial charge on any atom is 0.415 e. The highest BCUT2D eigenvalue weighted by atomic mass is 19.4. The van der Waals surface area contributed by atoms with Gasteiger partial charge >= 0.3 is 6.18 Å². The van der Waals surface area contributed by atoms with Gasteiger partial charge < -0.3 is 16.2 Å². The number of carbonyl (C=O) groups excluding carboxylic acids is 1. The number of aliphatic hydroxyl groups is 1. The van der Waals surface area contributed by atoms with E-state index in [2.05, 4.69) is 5.32 Å². The van der Waals surface area contributed by atoms with E-state index in [0.717, 1.165) is 6.42 Å². The molecule has 17 heavy (non-hydrogen) atoms. The Hall–Kier alpha value is -0.820. The van der Waals surface area contributed by atoms with Crippen molar-refractivity contribution in [2.24, 2.45) is 11.7 Å². The van der Waals surface area contributed by atoms with Crippen LogP contribution in [0.3, 0.4) is 0 Å². The van der Waals surface area contributed by atoms with Gasteiger partial charge in [0, 0.05) is 12.5 Å². The minimum absolute atomic E-state index is 0.0306. The van der Waals surface area contributed by atoms with E-state index < -0.39 is 23.7 Å². The fourth-order valence-corrected chi connectivity index (χ4v) is 1.79. The smallest absolute Gasteiger partial charge is 0.393 e. The van der Waals surface area contributed by atoms with E-state index in [1.807, 2.05) is 0 Å². The zero-order valence-corrected chi connectivity index (χ0v) is 9.55. The van der Waals surface area contributed by atoms with Crippen molar-refractivity contribution in [2.75, 3.05) is 6.54 Å². The van der Waals surface area contributed by atoms with Crippen molar-refractivity contribution in [2.45, 2.75) is 44.0 Å². The summed E-state index contributed by atoms with van der Waals surface area (Å²) in [5.41, 5.74) is 2.06. The van der Waals surface area contributed by atoms with Crippen LogP contribution in [0.25, 0.3) is 0 Å². The van der Waals surface area contributed by atoms with Crippen molar-refractivity contribution in [3.8, 4) is 0 Å². The largest absolute Gasteiger partial charge is 0.415 e. The summed E-state index contributed by atoms with van der Waals surface area (Å²) < 4.78 is 37.3. The second-order valence-electron chi connectivity index (χ2n) is 4.67. The first-order chi connectivity index (χ1) is 7.66. The number of alkyl halides is 3. The third kappa shape index (κ3) is 3.10. The number of nitrogens with two attached hydrogens (primary N) is 1. The van der Waals surface area contributed by atoms with Crippen LogP contribution in [0.5, 0.6) is 0 Å². The van der Waals surface area contributed by atoms with E-state index in [0.29, 0.717) is 19.8 Å². The van der Waals surface area contributed by atoms with Gasteiger partial charge in [-0.3, -0.25) is 4.79 Å². The van der Waals surface area contributed by atoms with E-state index in [-0.39, 0.29) is 12.5 Å². The summed E-state index contributed by atoms with van der Waals surface area (Å²) >= 11 is 0. The van der Waals surface area contributed by atoms with Crippen molar-refractivity contribution in [1.82, 2.24) is 5.32 Å². The summed E-state index contributed by atoms with van der Waals surface area (Å²) in [6.45, 7) is 0.663. The lowest BCUT2D eigenvalue weighted by Crippen LogP contribution is -2.61. The highest BCUT2D eigenvalue weighted by Crippen LogP contribution is 2.29. The van der Waals surface area contributed by atoms with Gasteiger partial charge in [-0.15, -0.1) is 0 Å². The second kappa shape index (κ2) is 4.81. The molecule has 3 unspecified atom stereocenters. The Bertz CT molecular complexity index is 292. The van der Waals surface area contributed by atoms with Crippen LogP contribution in [0.1, 0.15) is 26.2 Å². The lowest BCUT2D eigenvalue weighted by molar-refractivity contribution is -0.187. The molecule has 1 saturated carbocycles. The molecule has 0 aromatic carbocycles. The number of hydrogen-bond donors (Lipinski definition) is 3. The number of hydrogen-bond acceptors (Lipinski definition) is 3. The van der Waals surface area contributed by atoms with Crippen LogP contribution >= 0.6 is 0 Å². The molecule has 0 aromatic rings. The molecule has 0 heterocycles. The van der Waals surface area contributed by atoms with Crippen LogP contribution in [-0.2, 0) is 4.79 Å². The van der Waals surface area contributed by atoms with Gasteiger partial charge in [-0.05, 0) is 19.8 Å². The van der Waals surface area contributed by atoms with Gasteiger partial charge in [0.1, 0.15) is 0 Å². The molecule has 0 aliphatic heterocycles. The van der Waals surface area contributed by atoms with Crippen LogP contribution in [-0.4, -0.2) is 35.4 Å². The lowest BCUT2D eigenvalue weighted by atomic mass is 10.0. The zero-order valence-electron chi connectivity index (χ0n) is 9.55. The first-order valence-electron chi connectivity index (χ1n) is 5.48. The molecular formula is C10H17F3N2O2. The Morgan fingerprint density at radius 2 is 2.06 bits per heavy atom. The predicted molar refractivity (Wildman–Crippen MR) is 55.0 cm³/mol. The summed E-state index contributed by atoms with van der Waals surface area (Å²) in [6.07, 6.45) is -3.19. The summed E-state index contributed by atoms with van der Waals surface area (Å²) in [5, 5.41) is 11.6. The Morgan fingerprint density at radius 1 is 1.47 bits per heavy atom. The fraction of sp³-hybridized carbons (Fsp3) is 0.900. The van der Waals surface area contributed by atoms with Crippen molar-refractivity contribution >= 4 is 5.91 Å². The van der Waals surface area contributed by atoms with Crippen molar-refractivity contribution in [3.63, 3.8) is 0 Å². The first kappa shape index (κ1) is 14.2. The number of carbonyl (C=O) groups is 1. The van der Waals surface area contributed by atoms with Crippen LogP contribution in [0, 0.1) is 5.92 Å². The Morgan fingerprint density at radius 3 is 2.47 bits per heavy atom. The summed E-state index contributed by atoms with van der Waals surface area (Å²) in [4.78, 5) is 11.3. The highest BCUT2D eigenvalue weighted by Gasteiger charge is 2.53. The summed E-state index contributed by atoms with van der Waals surface area (Å²) in [7, 11) is 0. The average molecular weight is 254 g/mol. The van der Waals surface area contributed by atoms with Gasteiger partial charge in [-0.2, -0.15) is 13.2 Å². The molecule has 0 radical (unpaired) electrons. The van der Waals surface area contributed by atoms with Crippen LogP contribution in [0.15, 0.2) is 0 Å². The van der Waals surface area contributed by atoms with Gasteiger partial charge in [-0.1, -0.05) is 6.42 Å². The minimum atomic E-state index is -4.79. The third-order valence-corrected chi connectivity index (χ3v) is 3.20. The molecule has 1 aliphatic carbocycles. The van der Waals surface area contributed by atoms with Crippen LogP contribution in [0.2, 0.25) is 0 Å². The minimum Gasteiger partial charge on any atom is -0.393 e. The number of aliphatic hydroxyl groups excluding tert-OH is 1.